The van der Waals surface area contributed by atoms with Gasteiger partial charge >= 0.3 is 0 Å². The molecule has 0 aliphatic rings. The normalized spacial score (nSPS) is 10.9. The van der Waals surface area contributed by atoms with Gasteiger partial charge in [0.2, 0.25) is 11.8 Å². The van der Waals surface area contributed by atoms with Crippen LogP contribution >= 0.6 is 11.6 Å². The van der Waals surface area contributed by atoms with Gasteiger partial charge in [0.1, 0.15) is 0 Å². The lowest BCUT2D eigenvalue weighted by atomic mass is 9.95. The van der Waals surface area contributed by atoms with E-state index in [0.29, 0.717) is 37.4 Å². The first kappa shape index (κ1) is 21.1. The average Bonchev–Trinajstić information content (AvgIpc) is 2.62. The van der Waals surface area contributed by atoms with Gasteiger partial charge in [0.15, 0.2) is 11.5 Å². The van der Waals surface area contributed by atoms with Crippen LogP contribution in [-0.4, -0.2) is 45.0 Å². The summed E-state index contributed by atoms with van der Waals surface area (Å²) in [6, 6.07) is 5.59. The van der Waals surface area contributed by atoms with Crippen molar-refractivity contribution in [2.24, 2.45) is 5.41 Å². The minimum absolute atomic E-state index is 0.0689. The molecule has 1 rings (SSSR count). The lowest BCUT2D eigenvalue weighted by molar-refractivity contribution is -0.128. The molecule has 2 amide bonds. The minimum atomic E-state index is -0.612. The van der Waals surface area contributed by atoms with E-state index in [1.807, 2.05) is 18.2 Å². The van der Waals surface area contributed by atoms with Crippen LogP contribution in [0.15, 0.2) is 18.2 Å². The third-order valence-corrected chi connectivity index (χ3v) is 4.44. The highest BCUT2D eigenvalue weighted by molar-refractivity contribution is 6.19. The summed E-state index contributed by atoms with van der Waals surface area (Å²) < 4.78 is 10.4. The van der Waals surface area contributed by atoms with Crippen molar-refractivity contribution >= 4 is 23.4 Å². The van der Waals surface area contributed by atoms with Crippen LogP contribution in [0.25, 0.3) is 0 Å². The molecule has 2 N–H and O–H groups in total. The summed E-state index contributed by atoms with van der Waals surface area (Å²) in [5.41, 5.74) is 0.379. The summed E-state index contributed by atoms with van der Waals surface area (Å²) in [6.07, 6.45) is 0.953. The van der Waals surface area contributed by atoms with Gasteiger partial charge < -0.3 is 20.1 Å². The Hall–Kier alpha value is -1.95. The van der Waals surface area contributed by atoms with Gasteiger partial charge in [-0.1, -0.05) is 6.07 Å². The number of methoxy groups -OCH3 is 2. The van der Waals surface area contributed by atoms with Crippen molar-refractivity contribution < 1.29 is 19.1 Å². The smallest absolute Gasteiger partial charge is 0.226 e. The number of ether oxygens (including phenoxy) is 2. The summed E-state index contributed by atoms with van der Waals surface area (Å²) in [4.78, 5) is 23.7. The molecule has 0 atom stereocenters. The highest BCUT2D eigenvalue weighted by Gasteiger charge is 2.25. The van der Waals surface area contributed by atoms with Gasteiger partial charge in [0.25, 0.3) is 0 Å². The van der Waals surface area contributed by atoms with Crippen LogP contribution in [0.2, 0.25) is 0 Å². The van der Waals surface area contributed by atoms with E-state index in [2.05, 4.69) is 10.6 Å². The Morgan fingerprint density at radius 3 is 2.32 bits per heavy atom. The second-order valence-corrected chi connectivity index (χ2v) is 6.58. The largest absolute Gasteiger partial charge is 0.493 e. The second kappa shape index (κ2) is 10.1. The Labute approximate surface area is 154 Å². The maximum Gasteiger partial charge on any atom is 0.226 e. The molecule has 0 saturated heterocycles. The summed E-state index contributed by atoms with van der Waals surface area (Å²) >= 11 is 5.74. The lowest BCUT2D eigenvalue weighted by Gasteiger charge is -2.20. The Balaban J connectivity index is 2.33. The van der Waals surface area contributed by atoms with Crippen molar-refractivity contribution in [3.8, 4) is 11.5 Å². The maximum atomic E-state index is 11.9. The maximum absolute atomic E-state index is 11.9. The van der Waals surface area contributed by atoms with Crippen LogP contribution in [0.4, 0.5) is 0 Å². The van der Waals surface area contributed by atoms with Gasteiger partial charge in [-0.2, -0.15) is 0 Å². The van der Waals surface area contributed by atoms with Gasteiger partial charge in [-0.15, -0.1) is 11.6 Å². The average molecular weight is 371 g/mol. The molecule has 6 nitrogen and oxygen atoms in total. The number of carbonyl (C=O) groups is 2. The summed E-state index contributed by atoms with van der Waals surface area (Å²) in [5, 5.41) is 5.55. The van der Waals surface area contributed by atoms with E-state index < -0.39 is 5.41 Å². The number of benzene rings is 1. The van der Waals surface area contributed by atoms with Gasteiger partial charge in [-0.25, -0.2) is 0 Å². The zero-order valence-corrected chi connectivity index (χ0v) is 16.0. The zero-order valence-electron chi connectivity index (χ0n) is 15.3. The van der Waals surface area contributed by atoms with Crippen molar-refractivity contribution in [2.45, 2.75) is 26.7 Å². The molecule has 140 valence electrons. The number of halogens is 1. The molecule has 0 spiro atoms. The topological polar surface area (TPSA) is 76.7 Å². The number of hydrogen-bond donors (Lipinski definition) is 2. The van der Waals surface area contributed by atoms with Crippen LogP contribution < -0.4 is 20.1 Å². The quantitative estimate of drug-likeness (QED) is 0.488. The van der Waals surface area contributed by atoms with Crippen LogP contribution in [0, 0.1) is 5.41 Å². The van der Waals surface area contributed by atoms with Crippen molar-refractivity contribution in [1.82, 2.24) is 10.6 Å². The van der Waals surface area contributed by atoms with Crippen molar-refractivity contribution in [1.29, 1.82) is 0 Å². The molecule has 1 aromatic carbocycles. The van der Waals surface area contributed by atoms with Gasteiger partial charge in [0, 0.05) is 25.4 Å². The number of nitrogens with one attached hydrogen (secondary N) is 2. The van der Waals surface area contributed by atoms with E-state index in [1.165, 1.54) is 0 Å². The van der Waals surface area contributed by atoms with Crippen molar-refractivity contribution in [2.75, 3.05) is 33.2 Å². The molecule has 0 fully saturated rings. The van der Waals surface area contributed by atoms with Crippen LogP contribution in [-0.2, 0) is 16.0 Å². The number of alkyl halides is 1. The zero-order chi connectivity index (χ0) is 18.9. The first-order valence-electron chi connectivity index (χ1n) is 8.16. The predicted octanol–water partition coefficient (Wildman–Crippen LogP) is 2.13. The Morgan fingerprint density at radius 2 is 1.72 bits per heavy atom. The highest BCUT2D eigenvalue weighted by atomic mass is 35.5. The Kier molecular flexibility index (Phi) is 8.55. The van der Waals surface area contributed by atoms with Crippen molar-refractivity contribution in [3.63, 3.8) is 0 Å². The fraction of sp³-hybridized carbons (Fsp3) is 0.556. The summed E-state index contributed by atoms with van der Waals surface area (Å²) in [7, 11) is 3.16. The van der Waals surface area contributed by atoms with Gasteiger partial charge in [-0.3, -0.25) is 9.59 Å². The summed E-state index contributed by atoms with van der Waals surface area (Å²) in [6.45, 7) is 4.31. The molecule has 0 saturated carbocycles. The molecule has 1 aromatic rings. The standard InChI is InChI=1S/C18H27ClN2O4/c1-18(2,12-19)17(23)21-10-9-20-16(22)8-6-13-5-7-14(24-3)15(11-13)25-4/h5,7,11H,6,8-10,12H2,1-4H3,(H,20,22)(H,21,23). The first-order chi connectivity index (χ1) is 11.8. The molecule has 0 aliphatic heterocycles. The predicted molar refractivity (Wildman–Crippen MR) is 98.4 cm³/mol. The SMILES string of the molecule is COc1ccc(CCC(=O)NCCNC(=O)C(C)(C)CCl)cc1OC. The van der Waals surface area contributed by atoms with E-state index in [4.69, 9.17) is 21.1 Å². The van der Waals surface area contributed by atoms with Gasteiger partial charge in [-0.05, 0) is 38.0 Å². The van der Waals surface area contributed by atoms with Crippen LogP contribution in [0.5, 0.6) is 11.5 Å². The van der Waals surface area contributed by atoms with E-state index in [0.717, 1.165) is 5.56 Å². The van der Waals surface area contributed by atoms with Gasteiger partial charge in [0.05, 0.1) is 19.6 Å². The second-order valence-electron chi connectivity index (χ2n) is 6.31. The number of amides is 2. The van der Waals surface area contributed by atoms with E-state index in [1.54, 1.807) is 28.1 Å². The Morgan fingerprint density at radius 1 is 1.08 bits per heavy atom. The summed E-state index contributed by atoms with van der Waals surface area (Å²) in [5.74, 6) is 1.36. The third kappa shape index (κ3) is 6.82. The number of carbonyl (C=O) groups excluding carboxylic acids is 2. The fourth-order valence-corrected chi connectivity index (χ4v) is 2.18. The lowest BCUT2D eigenvalue weighted by Crippen LogP contribution is -2.41. The Bertz CT molecular complexity index is 590. The van der Waals surface area contributed by atoms with Crippen LogP contribution in [0.1, 0.15) is 25.8 Å². The fourth-order valence-electron chi connectivity index (χ4n) is 2.06. The molecule has 0 bridgehead atoms. The van der Waals surface area contributed by atoms with E-state index in [-0.39, 0.29) is 17.7 Å². The monoisotopic (exact) mass is 370 g/mol. The molecule has 0 unspecified atom stereocenters. The molecule has 0 aromatic heterocycles. The molecule has 0 aliphatic carbocycles. The number of aryl methyl sites for hydroxylation is 1. The highest BCUT2D eigenvalue weighted by Crippen LogP contribution is 2.27. The molecule has 0 radical (unpaired) electrons. The van der Waals surface area contributed by atoms with E-state index in [9.17, 15) is 9.59 Å². The van der Waals surface area contributed by atoms with E-state index >= 15 is 0 Å². The molecule has 0 heterocycles. The van der Waals surface area contributed by atoms with Crippen LogP contribution in [0.3, 0.4) is 0 Å². The number of rotatable bonds is 10. The van der Waals surface area contributed by atoms with Crippen molar-refractivity contribution in [3.05, 3.63) is 23.8 Å². The first-order valence-corrected chi connectivity index (χ1v) is 8.69. The third-order valence-electron chi connectivity index (χ3n) is 3.77. The molecule has 7 heteroatoms. The molecular weight excluding hydrogens is 344 g/mol. The minimum Gasteiger partial charge on any atom is -0.493 e. The molecule has 25 heavy (non-hydrogen) atoms. The number of hydrogen-bond acceptors (Lipinski definition) is 4. The molecular formula is C18H27ClN2O4.